The SMILES string of the molecule is CCNc1ncc(Br)c(Nc2cccc(C)c2C)n1. The normalized spacial score (nSPS) is 10.3. The Hall–Kier alpha value is -1.62. The lowest BCUT2D eigenvalue weighted by Gasteiger charge is -2.12. The molecule has 2 N–H and O–H groups in total. The van der Waals surface area contributed by atoms with Crippen LogP contribution >= 0.6 is 15.9 Å². The molecule has 0 spiro atoms. The zero-order chi connectivity index (χ0) is 13.8. The molecule has 0 saturated carbocycles. The summed E-state index contributed by atoms with van der Waals surface area (Å²) in [6.07, 6.45) is 1.75. The lowest BCUT2D eigenvalue weighted by atomic mass is 10.1. The highest BCUT2D eigenvalue weighted by Crippen LogP contribution is 2.27. The molecule has 0 amide bonds. The molecule has 0 aliphatic heterocycles. The van der Waals surface area contributed by atoms with Crippen molar-refractivity contribution in [2.24, 2.45) is 0 Å². The number of aryl methyl sites for hydroxylation is 1. The van der Waals surface area contributed by atoms with Gasteiger partial charge >= 0.3 is 0 Å². The Kier molecular flexibility index (Phi) is 4.37. The largest absolute Gasteiger partial charge is 0.354 e. The van der Waals surface area contributed by atoms with E-state index in [1.54, 1.807) is 6.20 Å². The highest BCUT2D eigenvalue weighted by atomic mass is 79.9. The Morgan fingerprint density at radius 1 is 1.26 bits per heavy atom. The van der Waals surface area contributed by atoms with Crippen LogP contribution in [0.2, 0.25) is 0 Å². The summed E-state index contributed by atoms with van der Waals surface area (Å²) in [5, 5.41) is 6.45. The summed E-state index contributed by atoms with van der Waals surface area (Å²) in [5.41, 5.74) is 3.53. The number of aromatic nitrogens is 2. The molecule has 1 aromatic carbocycles. The topological polar surface area (TPSA) is 49.8 Å². The highest BCUT2D eigenvalue weighted by molar-refractivity contribution is 9.10. The van der Waals surface area contributed by atoms with Gasteiger partial charge in [-0.05, 0) is 53.9 Å². The van der Waals surface area contributed by atoms with Crippen molar-refractivity contribution in [3.8, 4) is 0 Å². The van der Waals surface area contributed by atoms with Crippen LogP contribution in [0.4, 0.5) is 17.5 Å². The maximum absolute atomic E-state index is 4.45. The number of rotatable bonds is 4. The van der Waals surface area contributed by atoms with Crippen molar-refractivity contribution in [2.75, 3.05) is 17.2 Å². The van der Waals surface area contributed by atoms with Gasteiger partial charge < -0.3 is 10.6 Å². The number of halogens is 1. The molecule has 4 nitrogen and oxygen atoms in total. The summed E-state index contributed by atoms with van der Waals surface area (Å²) in [7, 11) is 0. The summed E-state index contributed by atoms with van der Waals surface area (Å²) in [4.78, 5) is 8.65. The van der Waals surface area contributed by atoms with Crippen molar-refractivity contribution >= 4 is 33.4 Å². The van der Waals surface area contributed by atoms with Crippen LogP contribution in [0.5, 0.6) is 0 Å². The molecule has 0 saturated heterocycles. The number of nitrogens with zero attached hydrogens (tertiary/aromatic N) is 2. The van der Waals surface area contributed by atoms with E-state index in [1.807, 2.05) is 19.1 Å². The Bertz CT molecular complexity index is 584. The quantitative estimate of drug-likeness (QED) is 0.892. The fourth-order valence-electron chi connectivity index (χ4n) is 1.71. The first-order valence-corrected chi connectivity index (χ1v) is 7.00. The number of anilines is 3. The van der Waals surface area contributed by atoms with Crippen molar-refractivity contribution in [3.63, 3.8) is 0 Å². The van der Waals surface area contributed by atoms with E-state index in [2.05, 4.69) is 56.4 Å². The van der Waals surface area contributed by atoms with Crippen LogP contribution in [-0.2, 0) is 0 Å². The second-order valence-electron chi connectivity index (χ2n) is 4.29. The van der Waals surface area contributed by atoms with Gasteiger partial charge in [-0.25, -0.2) is 4.98 Å². The first-order valence-electron chi connectivity index (χ1n) is 6.21. The number of nitrogens with one attached hydrogen (secondary N) is 2. The number of benzene rings is 1. The van der Waals surface area contributed by atoms with Crippen molar-refractivity contribution in [1.82, 2.24) is 9.97 Å². The third-order valence-corrected chi connectivity index (χ3v) is 3.52. The van der Waals surface area contributed by atoms with E-state index in [0.29, 0.717) is 5.95 Å². The molecule has 2 aromatic rings. The second kappa shape index (κ2) is 6.02. The van der Waals surface area contributed by atoms with E-state index >= 15 is 0 Å². The van der Waals surface area contributed by atoms with Gasteiger partial charge in [-0.2, -0.15) is 4.98 Å². The molecule has 1 heterocycles. The Morgan fingerprint density at radius 2 is 2.05 bits per heavy atom. The van der Waals surface area contributed by atoms with Gasteiger partial charge in [0.2, 0.25) is 5.95 Å². The average molecular weight is 321 g/mol. The molecule has 0 fully saturated rings. The maximum atomic E-state index is 4.45. The summed E-state index contributed by atoms with van der Waals surface area (Å²) in [6.45, 7) is 7.01. The first-order chi connectivity index (χ1) is 9.11. The van der Waals surface area contributed by atoms with Crippen LogP contribution in [0.25, 0.3) is 0 Å². The van der Waals surface area contributed by atoms with E-state index in [-0.39, 0.29) is 0 Å². The van der Waals surface area contributed by atoms with Crippen molar-refractivity contribution in [2.45, 2.75) is 20.8 Å². The van der Waals surface area contributed by atoms with Crippen LogP contribution in [0.15, 0.2) is 28.9 Å². The molecular weight excluding hydrogens is 304 g/mol. The molecule has 0 atom stereocenters. The lowest BCUT2D eigenvalue weighted by Crippen LogP contribution is -2.05. The molecule has 19 heavy (non-hydrogen) atoms. The molecule has 5 heteroatoms. The fraction of sp³-hybridized carbons (Fsp3) is 0.286. The summed E-state index contributed by atoms with van der Waals surface area (Å²) in [6, 6.07) is 6.17. The van der Waals surface area contributed by atoms with Gasteiger partial charge in [0.15, 0.2) is 0 Å². The van der Waals surface area contributed by atoms with Gasteiger partial charge in [-0.1, -0.05) is 12.1 Å². The zero-order valence-corrected chi connectivity index (χ0v) is 12.9. The molecule has 0 aliphatic rings. The highest BCUT2D eigenvalue weighted by Gasteiger charge is 2.07. The minimum Gasteiger partial charge on any atom is -0.354 e. The minimum atomic E-state index is 0.624. The van der Waals surface area contributed by atoms with Gasteiger partial charge in [0, 0.05) is 18.4 Å². The van der Waals surface area contributed by atoms with E-state index in [4.69, 9.17) is 0 Å². The Balaban J connectivity index is 2.32. The molecule has 100 valence electrons. The van der Waals surface area contributed by atoms with Gasteiger partial charge in [0.25, 0.3) is 0 Å². The van der Waals surface area contributed by atoms with Gasteiger partial charge in [-0.15, -0.1) is 0 Å². The van der Waals surface area contributed by atoms with Crippen molar-refractivity contribution in [3.05, 3.63) is 40.0 Å². The van der Waals surface area contributed by atoms with E-state index in [0.717, 1.165) is 22.5 Å². The Morgan fingerprint density at radius 3 is 2.79 bits per heavy atom. The molecule has 1 aromatic heterocycles. The van der Waals surface area contributed by atoms with Crippen LogP contribution in [0.3, 0.4) is 0 Å². The van der Waals surface area contributed by atoms with Crippen LogP contribution < -0.4 is 10.6 Å². The smallest absolute Gasteiger partial charge is 0.224 e. The average Bonchev–Trinajstić information content (AvgIpc) is 2.39. The first kappa shape index (κ1) is 13.8. The van der Waals surface area contributed by atoms with Crippen LogP contribution in [0.1, 0.15) is 18.1 Å². The molecule has 0 radical (unpaired) electrons. The summed E-state index contributed by atoms with van der Waals surface area (Å²) >= 11 is 3.47. The molecule has 0 aliphatic carbocycles. The second-order valence-corrected chi connectivity index (χ2v) is 5.15. The molecular formula is C14H17BrN4. The predicted octanol–water partition coefficient (Wildman–Crippen LogP) is 4.03. The van der Waals surface area contributed by atoms with E-state index in [1.165, 1.54) is 11.1 Å². The van der Waals surface area contributed by atoms with Crippen LogP contribution in [0, 0.1) is 13.8 Å². The Labute approximate surface area is 121 Å². The zero-order valence-electron chi connectivity index (χ0n) is 11.3. The fourth-order valence-corrected chi connectivity index (χ4v) is 2.00. The lowest BCUT2D eigenvalue weighted by molar-refractivity contribution is 1.08. The van der Waals surface area contributed by atoms with Crippen molar-refractivity contribution in [1.29, 1.82) is 0 Å². The minimum absolute atomic E-state index is 0.624. The van der Waals surface area contributed by atoms with Gasteiger partial charge in [0.05, 0.1) is 4.47 Å². The standard InChI is InChI=1S/C14H17BrN4/c1-4-16-14-17-8-11(15)13(19-14)18-12-7-5-6-9(2)10(12)3/h5-8H,4H2,1-3H3,(H2,16,17,18,19). The van der Waals surface area contributed by atoms with Gasteiger partial charge in [-0.3, -0.25) is 0 Å². The summed E-state index contributed by atoms with van der Waals surface area (Å²) < 4.78 is 0.843. The third-order valence-electron chi connectivity index (χ3n) is 2.94. The van der Waals surface area contributed by atoms with E-state index in [9.17, 15) is 0 Å². The predicted molar refractivity (Wildman–Crippen MR) is 83.1 cm³/mol. The summed E-state index contributed by atoms with van der Waals surface area (Å²) in [5.74, 6) is 1.39. The van der Waals surface area contributed by atoms with Crippen LogP contribution in [-0.4, -0.2) is 16.5 Å². The molecule has 0 unspecified atom stereocenters. The van der Waals surface area contributed by atoms with Gasteiger partial charge in [0.1, 0.15) is 5.82 Å². The third kappa shape index (κ3) is 3.23. The maximum Gasteiger partial charge on any atom is 0.224 e. The van der Waals surface area contributed by atoms with Crippen molar-refractivity contribution < 1.29 is 0 Å². The monoisotopic (exact) mass is 320 g/mol. The number of hydrogen-bond acceptors (Lipinski definition) is 4. The molecule has 0 bridgehead atoms. The molecule has 2 rings (SSSR count). The van der Waals surface area contributed by atoms with E-state index < -0.39 is 0 Å². The number of hydrogen-bond donors (Lipinski definition) is 2.